The molecule has 94 valence electrons. The van der Waals surface area contributed by atoms with E-state index in [2.05, 4.69) is 0 Å². The lowest BCUT2D eigenvalue weighted by molar-refractivity contribution is -0.101. The summed E-state index contributed by atoms with van der Waals surface area (Å²) in [6.45, 7) is 2.19. The number of benzene rings is 1. The molecule has 17 heavy (non-hydrogen) atoms. The summed E-state index contributed by atoms with van der Waals surface area (Å²) in [5.41, 5.74) is 5.81. The first-order chi connectivity index (χ1) is 8.06. The molecule has 0 aliphatic carbocycles. The zero-order valence-corrected chi connectivity index (χ0v) is 9.75. The predicted molar refractivity (Wildman–Crippen MR) is 61.9 cm³/mol. The lowest BCUT2D eigenvalue weighted by Crippen LogP contribution is -2.54. The Hall–Kier alpha value is -1.20. The molecule has 0 amide bonds. The van der Waals surface area contributed by atoms with Crippen molar-refractivity contribution < 1.29 is 13.5 Å². The fourth-order valence-electron chi connectivity index (χ4n) is 2.03. The maximum Gasteiger partial charge on any atom is 0.146 e. The van der Waals surface area contributed by atoms with E-state index < -0.39 is 11.6 Å². The standard InChI is InChI=1S/C12H16F2N2O/c1-16(6-12(5-15)7-17-8-12)11-4-9(13)2-3-10(11)14/h2-4H,5-8,15H2,1H3. The first-order valence-corrected chi connectivity index (χ1v) is 5.50. The summed E-state index contributed by atoms with van der Waals surface area (Å²) in [6.07, 6.45) is 0. The molecule has 2 rings (SSSR count). The molecule has 0 aromatic heterocycles. The normalized spacial score (nSPS) is 17.6. The molecule has 0 atom stereocenters. The third-order valence-corrected chi connectivity index (χ3v) is 3.14. The van der Waals surface area contributed by atoms with E-state index in [4.69, 9.17) is 10.5 Å². The van der Waals surface area contributed by atoms with E-state index in [9.17, 15) is 8.78 Å². The van der Waals surface area contributed by atoms with Crippen molar-refractivity contribution in [2.24, 2.45) is 11.1 Å². The molecule has 1 aliphatic rings. The quantitative estimate of drug-likeness (QED) is 0.866. The molecule has 5 heteroatoms. The van der Waals surface area contributed by atoms with E-state index in [1.807, 2.05) is 0 Å². The third-order valence-electron chi connectivity index (χ3n) is 3.14. The minimum Gasteiger partial charge on any atom is -0.380 e. The van der Waals surface area contributed by atoms with Crippen LogP contribution < -0.4 is 10.6 Å². The summed E-state index contributed by atoms with van der Waals surface area (Å²) in [5, 5.41) is 0. The van der Waals surface area contributed by atoms with Crippen molar-refractivity contribution in [3.05, 3.63) is 29.8 Å². The second-order valence-corrected chi connectivity index (χ2v) is 4.65. The van der Waals surface area contributed by atoms with Gasteiger partial charge in [-0.05, 0) is 12.1 Å². The van der Waals surface area contributed by atoms with Crippen molar-refractivity contribution in [1.82, 2.24) is 0 Å². The fourth-order valence-corrected chi connectivity index (χ4v) is 2.03. The van der Waals surface area contributed by atoms with E-state index in [0.717, 1.165) is 12.1 Å². The molecule has 0 unspecified atom stereocenters. The molecule has 1 aromatic carbocycles. The van der Waals surface area contributed by atoms with E-state index >= 15 is 0 Å². The van der Waals surface area contributed by atoms with Crippen LogP contribution in [0.3, 0.4) is 0 Å². The van der Waals surface area contributed by atoms with Crippen LogP contribution in [0, 0.1) is 17.0 Å². The third kappa shape index (κ3) is 2.40. The fraction of sp³-hybridized carbons (Fsp3) is 0.500. The highest BCUT2D eigenvalue weighted by molar-refractivity contribution is 5.47. The van der Waals surface area contributed by atoms with Gasteiger partial charge in [-0.15, -0.1) is 0 Å². The number of nitrogens with zero attached hydrogens (tertiary/aromatic N) is 1. The van der Waals surface area contributed by atoms with Crippen molar-refractivity contribution in [2.45, 2.75) is 0 Å². The number of hydrogen-bond acceptors (Lipinski definition) is 3. The SMILES string of the molecule is CN(CC1(CN)COC1)c1cc(F)ccc1F. The highest BCUT2D eigenvalue weighted by atomic mass is 19.1. The highest BCUT2D eigenvalue weighted by Gasteiger charge is 2.38. The van der Waals surface area contributed by atoms with Gasteiger partial charge in [-0.3, -0.25) is 0 Å². The Morgan fingerprint density at radius 3 is 2.65 bits per heavy atom. The summed E-state index contributed by atoms with van der Waals surface area (Å²) in [5.74, 6) is -0.874. The molecule has 1 aliphatic heterocycles. The van der Waals surface area contributed by atoms with Gasteiger partial charge >= 0.3 is 0 Å². The summed E-state index contributed by atoms with van der Waals surface area (Å²) in [4.78, 5) is 1.69. The van der Waals surface area contributed by atoms with Crippen LogP contribution in [0.15, 0.2) is 18.2 Å². The number of ether oxygens (including phenoxy) is 1. The molecule has 1 heterocycles. The molecule has 0 bridgehead atoms. The Morgan fingerprint density at radius 2 is 2.12 bits per heavy atom. The van der Waals surface area contributed by atoms with Gasteiger partial charge in [0.05, 0.1) is 18.9 Å². The monoisotopic (exact) mass is 242 g/mol. The first-order valence-electron chi connectivity index (χ1n) is 5.50. The summed E-state index contributed by atoms with van der Waals surface area (Å²) < 4.78 is 31.8. The van der Waals surface area contributed by atoms with E-state index in [1.165, 1.54) is 6.07 Å². The second-order valence-electron chi connectivity index (χ2n) is 4.65. The Bertz CT molecular complexity index is 402. The van der Waals surface area contributed by atoms with Gasteiger partial charge < -0.3 is 15.4 Å². The Balaban J connectivity index is 2.13. The zero-order valence-electron chi connectivity index (χ0n) is 9.75. The Morgan fingerprint density at radius 1 is 1.41 bits per heavy atom. The predicted octanol–water partition coefficient (Wildman–Crippen LogP) is 1.38. The van der Waals surface area contributed by atoms with Crippen LogP contribution in [0.2, 0.25) is 0 Å². The average molecular weight is 242 g/mol. The van der Waals surface area contributed by atoms with Crippen LogP contribution in [0.1, 0.15) is 0 Å². The molecule has 1 saturated heterocycles. The van der Waals surface area contributed by atoms with Gasteiger partial charge in [0, 0.05) is 31.6 Å². The van der Waals surface area contributed by atoms with Crippen LogP contribution in [0.5, 0.6) is 0 Å². The van der Waals surface area contributed by atoms with Gasteiger partial charge in [0.1, 0.15) is 11.6 Å². The number of hydrogen-bond donors (Lipinski definition) is 1. The molecular formula is C12H16F2N2O. The highest BCUT2D eigenvalue weighted by Crippen LogP contribution is 2.29. The van der Waals surface area contributed by atoms with Gasteiger partial charge in [-0.1, -0.05) is 0 Å². The van der Waals surface area contributed by atoms with Gasteiger partial charge in [-0.2, -0.15) is 0 Å². The molecule has 2 N–H and O–H groups in total. The molecular weight excluding hydrogens is 226 g/mol. The second kappa shape index (κ2) is 4.58. The minimum absolute atomic E-state index is 0.131. The summed E-state index contributed by atoms with van der Waals surface area (Å²) >= 11 is 0. The topological polar surface area (TPSA) is 38.5 Å². The Kier molecular flexibility index (Phi) is 3.31. The van der Waals surface area contributed by atoms with Gasteiger partial charge in [-0.25, -0.2) is 8.78 Å². The molecule has 1 aromatic rings. The zero-order chi connectivity index (χ0) is 12.5. The lowest BCUT2D eigenvalue weighted by Gasteiger charge is -2.43. The molecule has 0 saturated carbocycles. The van der Waals surface area contributed by atoms with E-state index in [0.29, 0.717) is 26.3 Å². The smallest absolute Gasteiger partial charge is 0.146 e. The Labute approximate surface area is 99.2 Å². The maximum atomic E-state index is 13.6. The molecule has 1 fully saturated rings. The number of anilines is 1. The molecule has 0 spiro atoms. The van der Waals surface area contributed by atoms with Crippen LogP contribution in [-0.4, -0.2) is 33.4 Å². The van der Waals surface area contributed by atoms with E-state index in [1.54, 1.807) is 11.9 Å². The number of rotatable bonds is 4. The van der Waals surface area contributed by atoms with Crippen LogP contribution in [-0.2, 0) is 4.74 Å². The van der Waals surface area contributed by atoms with Gasteiger partial charge in [0.2, 0.25) is 0 Å². The lowest BCUT2D eigenvalue weighted by atomic mass is 9.85. The summed E-state index contributed by atoms with van der Waals surface area (Å²) in [6, 6.07) is 3.43. The average Bonchev–Trinajstić information content (AvgIpc) is 2.26. The van der Waals surface area contributed by atoms with Gasteiger partial charge in [0.25, 0.3) is 0 Å². The van der Waals surface area contributed by atoms with Crippen molar-refractivity contribution >= 4 is 5.69 Å². The maximum absolute atomic E-state index is 13.6. The summed E-state index contributed by atoms with van der Waals surface area (Å²) in [7, 11) is 1.73. The number of halogens is 2. The number of nitrogens with two attached hydrogens (primary N) is 1. The van der Waals surface area contributed by atoms with Crippen molar-refractivity contribution in [3.8, 4) is 0 Å². The van der Waals surface area contributed by atoms with Crippen molar-refractivity contribution in [1.29, 1.82) is 0 Å². The van der Waals surface area contributed by atoms with Crippen molar-refractivity contribution in [3.63, 3.8) is 0 Å². The van der Waals surface area contributed by atoms with Gasteiger partial charge in [0.15, 0.2) is 0 Å². The van der Waals surface area contributed by atoms with Crippen molar-refractivity contribution in [2.75, 3.05) is 38.3 Å². The largest absolute Gasteiger partial charge is 0.380 e. The van der Waals surface area contributed by atoms with E-state index in [-0.39, 0.29) is 11.1 Å². The first kappa shape index (κ1) is 12.3. The minimum atomic E-state index is -0.445. The molecule has 3 nitrogen and oxygen atoms in total. The molecule has 0 radical (unpaired) electrons. The van der Waals surface area contributed by atoms with Crippen LogP contribution in [0.25, 0.3) is 0 Å². The van der Waals surface area contributed by atoms with Crippen LogP contribution >= 0.6 is 0 Å². The van der Waals surface area contributed by atoms with Crippen LogP contribution in [0.4, 0.5) is 14.5 Å².